The van der Waals surface area contributed by atoms with Crippen LogP contribution in [-0.2, 0) is 6.18 Å². The van der Waals surface area contributed by atoms with Gasteiger partial charge in [-0.05, 0) is 18.2 Å². The normalized spacial score (nSPS) is 11.6. The molecule has 0 saturated carbocycles. The Morgan fingerprint density at radius 3 is 2.43 bits per heavy atom. The monoisotopic (exact) mass is 346 g/mol. The number of aromatic nitrogens is 2. The highest BCUT2D eigenvalue weighted by Crippen LogP contribution is 2.35. The van der Waals surface area contributed by atoms with Crippen LogP contribution in [0.15, 0.2) is 24.5 Å². The first-order valence-electron chi connectivity index (χ1n) is 6.36. The lowest BCUT2D eigenvalue weighted by molar-refractivity contribution is -0.137. The van der Waals surface area contributed by atoms with Crippen LogP contribution in [0.25, 0.3) is 0 Å². The maximum absolute atomic E-state index is 12.8. The van der Waals surface area contributed by atoms with Gasteiger partial charge < -0.3 is 16.5 Å². The zero-order valence-electron chi connectivity index (χ0n) is 12.2. The van der Waals surface area contributed by atoms with E-state index in [1.807, 2.05) is 0 Å². The summed E-state index contributed by atoms with van der Waals surface area (Å²) in [6, 6.07) is 2.95. The summed E-state index contributed by atoms with van der Waals surface area (Å²) in [6.45, 7) is 0. The minimum Gasteiger partial charge on any atom is -0.393 e. The van der Waals surface area contributed by atoms with Crippen LogP contribution in [0, 0.1) is 0 Å². The molecule has 6 nitrogen and oxygen atoms in total. The molecule has 124 valence electrons. The first-order chi connectivity index (χ1) is 10.7. The van der Waals surface area contributed by atoms with E-state index in [0.717, 1.165) is 18.2 Å². The number of nitrogens with zero attached hydrogens (tertiary/aromatic N) is 3. The van der Waals surface area contributed by atoms with Crippen molar-refractivity contribution >= 4 is 34.6 Å². The lowest BCUT2D eigenvalue weighted by Gasteiger charge is -2.17. The molecule has 1 heterocycles. The smallest absolute Gasteiger partial charge is 0.393 e. The van der Waals surface area contributed by atoms with Gasteiger partial charge in [0.25, 0.3) is 0 Å². The van der Waals surface area contributed by atoms with Crippen LogP contribution in [0.4, 0.5) is 36.2 Å². The Morgan fingerprint density at radius 2 is 1.83 bits per heavy atom. The van der Waals surface area contributed by atoms with Crippen molar-refractivity contribution in [3.8, 4) is 0 Å². The topological polar surface area (TPSA) is 79.1 Å². The molecule has 0 radical (unpaired) electrons. The van der Waals surface area contributed by atoms with E-state index in [9.17, 15) is 13.2 Å². The minimum atomic E-state index is -4.48. The number of rotatable bonds is 4. The predicted octanol–water partition coefficient (Wildman–Crippen LogP) is 3.36. The van der Waals surface area contributed by atoms with Gasteiger partial charge in [-0.3, -0.25) is 0 Å². The number of anilines is 4. The molecule has 2 aromatic rings. The van der Waals surface area contributed by atoms with E-state index < -0.39 is 11.7 Å². The summed E-state index contributed by atoms with van der Waals surface area (Å²) >= 11 is 5.93. The molecule has 0 bridgehead atoms. The van der Waals surface area contributed by atoms with Gasteiger partial charge in [0, 0.05) is 14.1 Å². The second-order valence-electron chi connectivity index (χ2n) is 4.81. The van der Waals surface area contributed by atoms with Gasteiger partial charge in [0.2, 0.25) is 0 Å². The molecule has 0 aliphatic carbocycles. The van der Waals surface area contributed by atoms with Crippen molar-refractivity contribution in [3.63, 3.8) is 0 Å². The lowest BCUT2D eigenvalue weighted by atomic mass is 10.2. The van der Waals surface area contributed by atoms with Gasteiger partial charge in [0.05, 0.1) is 16.3 Å². The fraction of sp³-hybridized carbons (Fsp3) is 0.231. The zero-order valence-corrected chi connectivity index (χ0v) is 13.0. The summed E-state index contributed by atoms with van der Waals surface area (Å²) in [4.78, 5) is 7.89. The van der Waals surface area contributed by atoms with E-state index in [4.69, 9.17) is 17.3 Å². The lowest BCUT2D eigenvalue weighted by Crippen LogP contribution is -2.21. The van der Waals surface area contributed by atoms with E-state index in [0.29, 0.717) is 5.82 Å². The second kappa shape index (κ2) is 6.47. The Morgan fingerprint density at radius 1 is 1.17 bits per heavy atom. The fourth-order valence-corrected chi connectivity index (χ4v) is 1.89. The third-order valence-electron chi connectivity index (χ3n) is 2.76. The summed E-state index contributed by atoms with van der Waals surface area (Å²) in [5.74, 6) is 0.459. The molecule has 0 spiro atoms. The van der Waals surface area contributed by atoms with Crippen LogP contribution in [0.2, 0.25) is 5.02 Å². The molecule has 1 aromatic carbocycles. The average Bonchev–Trinajstić information content (AvgIpc) is 2.43. The largest absolute Gasteiger partial charge is 0.416 e. The number of nitrogens with two attached hydrogens (primary N) is 1. The van der Waals surface area contributed by atoms with E-state index in [1.54, 1.807) is 19.1 Å². The van der Waals surface area contributed by atoms with Gasteiger partial charge in [-0.2, -0.15) is 13.2 Å². The van der Waals surface area contributed by atoms with Crippen molar-refractivity contribution in [2.24, 2.45) is 0 Å². The van der Waals surface area contributed by atoms with Crippen LogP contribution < -0.4 is 16.5 Å². The van der Waals surface area contributed by atoms with Crippen molar-refractivity contribution in [1.82, 2.24) is 15.0 Å². The van der Waals surface area contributed by atoms with Gasteiger partial charge in [-0.25, -0.2) is 15.0 Å². The number of halogens is 4. The van der Waals surface area contributed by atoms with E-state index in [1.165, 1.54) is 6.33 Å². The van der Waals surface area contributed by atoms with Crippen LogP contribution in [-0.4, -0.2) is 29.1 Å². The number of hydrogen-bond donors (Lipinski definition) is 3. The molecule has 10 heteroatoms. The summed E-state index contributed by atoms with van der Waals surface area (Å²) in [5.41, 5.74) is 8.13. The van der Waals surface area contributed by atoms with E-state index in [-0.39, 0.29) is 22.2 Å². The maximum Gasteiger partial charge on any atom is 0.416 e. The van der Waals surface area contributed by atoms with Crippen molar-refractivity contribution in [1.29, 1.82) is 0 Å². The number of alkyl halides is 3. The molecule has 0 atom stereocenters. The third kappa shape index (κ3) is 4.14. The zero-order chi connectivity index (χ0) is 17.2. The molecule has 0 aliphatic rings. The Hall–Kier alpha value is -2.26. The maximum atomic E-state index is 12.8. The molecule has 0 saturated heterocycles. The van der Waals surface area contributed by atoms with Crippen LogP contribution in [0.5, 0.6) is 0 Å². The Bertz CT molecular complexity index is 705. The first kappa shape index (κ1) is 17.1. The molecular weight excluding hydrogens is 333 g/mol. The van der Waals surface area contributed by atoms with Gasteiger partial charge in [0.1, 0.15) is 12.0 Å². The Kier molecular flexibility index (Phi) is 4.81. The van der Waals surface area contributed by atoms with Crippen molar-refractivity contribution in [2.75, 3.05) is 30.6 Å². The number of hydrazine groups is 1. The van der Waals surface area contributed by atoms with Crippen molar-refractivity contribution in [2.45, 2.75) is 6.18 Å². The minimum absolute atomic E-state index is 0.0442. The van der Waals surface area contributed by atoms with Crippen LogP contribution in [0.1, 0.15) is 5.56 Å². The highest BCUT2D eigenvalue weighted by atomic mass is 35.5. The SMILES string of the molecule is CN(C)Nc1ncnc(Nc2cc(C(F)(F)F)ccc2Cl)c1N. The Balaban J connectivity index is 2.36. The Labute approximate surface area is 135 Å². The second-order valence-corrected chi connectivity index (χ2v) is 5.22. The number of benzene rings is 1. The number of hydrogen-bond acceptors (Lipinski definition) is 6. The highest BCUT2D eigenvalue weighted by molar-refractivity contribution is 6.33. The quantitative estimate of drug-likeness (QED) is 0.737. The summed E-state index contributed by atoms with van der Waals surface area (Å²) < 4.78 is 38.4. The third-order valence-corrected chi connectivity index (χ3v) is 3.09. The van der Waals surface area contributed by atoms with Crippen molar-refractivity contribution < 1.29 is 13.2 Å². The van der Waals surface area contributed by atoms with Gasteiger partial charge in [0.15, 0.2) is 11.6 Å². The standard InChI is InChI=1S/C13H14ClF3N6/c1-23(2)22-12-10(18)11(19-6-20-12)21-9-5-7(13(15,16)17)3-4-8(9)14/h3-6H,18H2,1-2H3,(H2,19,20,21,22). The molecule has 0 unspecified atom stereocenters. The van der Waals surface area contributed by atoms with Crippen LogP contribution in [0.3, 0.4) is 0 Å². The molecule has 23 heavy (non-hydrogen) atoms. The van der Waals surface area contributed by atoms with E-state index >= 15 is 0 Å². The number of nitrogens with one attached hydrogen (secondary N) is 2. The summed E-state index contributed by atoms with van der Waals surface area (Å²) in [6.07, 6.45) is -3.25. The van der Waals surface area contributed by atoms with Gasteiger partial charge in [-0.1, -0.05) is 11.6 Å². The van der Waals surface area contributed by atoms with E-state index in [2.05, 4.69) is 20.7 Å². The molecule has 0 aliphatic heterocycles. The fourth-order valence-electron chi connectivity index (χ4n) is 1.72. The predicted molar refractivity (Wildman–Crippen MR) is 83.5 cm³/mol. The van der Waals surface area contributed by atoms with Gasteiger partial charge >= 0.3 is 6.18 Å². The van der Waals surface area contributed by atoms with Crippen LogP contribution >= 0.6 is 11.6 Å². The molecule has 2 rings (SSSR count). The summed E-state index contributed by atoms with van der Waals surface area (Å²) in [7, 11) is 3.47. The number of nitrogen functional groups attached to an aromatic ring is 1. The summed E-state index contributed by atoms with van der Waals surface area (Å²) in [5, 5.41) is 4.42. The molecule has 0 amide bonds. The molecular formula is C13H14ClF3N6. The average molecular weight is 347 g/mol. The highest BCUT2D eigenvalue weighted by Gasteiger charge is 2.31. The molecule has 0 fully saturated rings. The van der Waals surface area contributed by atoms with Gasteiger partial charge in [-0.15, -0.1) is 0 Å². The van der Waals surface area contributed by atoms with Crippen molar-refractivity contribution in [3.05, 3.63) is 35.1 Å². The molecule has 4 N–H and O–H groups in total. The first-order valence-corrected chi connectivity index (χ1v) is 6.74. The molecule has 1 aromatic heterocycles.